The van der Waals surface area contributed by atoms with Crippen molar-refractivity contribution in [3.05, 3.63) is 84.0 Å². The van der Waals surface area contributed by atoms with Crippen molar-refractivity contribution in [2.75, 3.05) is 31.1 Å². The molecule has 5 rings (SSSR count). The van der Waals surface area contributed by atoms with Crippen molar-refractivity contribution in [3.8, 4) is 0 Å². The van der Waals surface area contributed by atoms with Crippen molar-refractivity contribution < 1.29 is 14.3 Å². The average Bonchev–Trinajstić information content (AvgIpc) is 3.33. The Kier molecular flexibility index (Phi) is 6.47. The molecule has 1 amide bonds. The number of nitrogens with zero attached hydrogens (tertiary/aromatic N) is 5. The van der Waals surface area contributed by atoms with Crippen LogP contribution in [0.5, 0.6) is 0 Å². The fraction of sp³-hybridized carbons (Fsp3) is 0.429. The maximum atomic E-state index is 14.0. The minimum absolute atomic E-state index is 0.0380. The van der Waals surface area contributed by atoms with E-state index in [0.29, 0.717) is 37.6 Å². The van der Waals surface area contributed by atoms with Gasteiger partial charge in [0, 0.05) is 68.1 Å². The SMILES string of the molecule is Cc1ccc([C@@H]2CN(c3cncc(F)c3)C[C@H]2C(=O)N2C[C@@H](C)[C@](O)(c3ccccn3)[C@@H](C)C2)nc1. The van der Waals surface area contributed by atoms with E-state index >= 15 is 0 Å². The van der Waals surface area contributed by atoms with Crippen LogP contribution in [0.2, 0.25) is 0 Å². The number of piperidine rings is 1. The van der Waals surface area contributed by atoms with Crippen molar-refractivity contribution in [2.45, 2.75) is 32.3 Å². The van der Waals surface area contributed by atoms with Gasteiger partial charge in [-0.05, 0) is 30.7 Å². The van der Waals surface area contributed by atoms with Crippen LogP contribution in [0.25, 0.3) is 0 Å². The highest BCUT2D eigenvalue weighted by molar-refractivity contribution is 5.82. The molecule has 0 aromatic carbocycles. The van der Waals surface area contributed by atoms with E-state index in [1.54, 1.807) is 12.4 Å². The summed E-state index contributed by atoms with van der Waals surface area (Å²) in [5.74, 6) is -1.23. The average molecular weight is 490 g/mol. The molecule has 0 unspecified atom stereocenters. The molecule has 0 radical (unpaired) electrons. The molecular weight excluding hydrogens is 457 g/mol. The maximum absolute atomic E-state index is 14.0. The van der Waals surface area contributed by atoms with Crippen LogP contribution in [0.3, 0.4) is 0 Å². The third kappa shape index (κ3) is 4.34. The fourth-order valence-electron chi connectivity index (χ4n) is 5.86. The number of halogens is 1. The molecule has 2 aliphatic rings. The van der Waals surface area contributed by atoms with E-state index in [-0.39, 0.29) is 29.6 Å². The number of carbonyl (C=O) groups excluding carboxylic acids is 1. The quantitative estimate of drug-likeness (QED) is 0.604. The Morgan fingerprint density at radius 3 is 2.44 bits per heavy atom. The highest BCUT2D eigenvalue weighted by atomic mass is 19.1. The van der Waals surface area contributed by atoms with Gasteiger partial charge < -0.3 is 14.9 Å². The summed E-state index contributed by atoms with van der Waals surface area (Å²) in [6, 6.07) is 11.0. The van der Waals surface area contributed by atoms with Crippen molar-refractivity contribution in [1.29, 1.82) is 0 Å². The Balaban J connectivity index is 1.41. The zero-order valence-electron chi connectivity index (χ0n) is 20.9. The molecule has 5 atom stereocenters. The van der Waals surface area contributed by atoms with Crippen molar-refractivity contribution in [2.24, 2.45) is 17.8 Å². The lowest BCUT2D eigenvalue weighted by atomic mass is 9.72. The molecule has 2 fully saturated rings. The predicted molar refractivity (Wildman–Crippen MR) is 135 cm³/mol. The van der Waals surface area contributed by atoms with Gasteiger partial charge in [-0.15, -0.1) is 0 Å². The normalized spacial score (nSPS) is 28.4. The van der Waals surface area contributed by atoms with Crippen molar-refractivity contribution in [3.63, 3.8) is 0 Å². The number of amides is 1. The van der Waals surface area contributed by atoms with Gasteiger partial charge >= 0.3 is 0 Å². The third-order valence-corrected chi connectivity index (χ3v) is 7.88. The zero-order chi connectivity index (χ0) is 25.4. The maximum Gasteiger partial charge on any atom is 0.228 e. The van der Waals surface area contributed by atoms with E-state index < -0.39 is 11.4 Å². The lowest BCUT2D eigenvalue weighted by Gasteiger charge is -2.48. The van der Waals surface area contributed by atoms with E-state index in [0.717, 1.165) is 11.3 Å². The minimum atomic E-state index is -1.11. The summed E-state index contributed by atoms with van der Waals surface area (Å²) in [6.45, 7) is 7.80. The van der Waals surface area contributed by atoms with Gasteiger partial charge in [-0.3, -0.25) is 19.7 Å². The number of pyridine rings is 3. The van der Waals surface area contributed by atoms with Gasteiger partial charge in [0.1, 0.15) is 11.4 Å². The second-order valence-corrected chi connectivity index (χ2v) is 10.3. The fourth-order valence-corrected chi connectivity index (χ4v) is 5.86. The first-order valence-corrected chi connectivity index (χ1v) is 12.5. The first kappa shape index (κ1) is 24.3. The molecule has 3 aromatic heterocycles. The van der Waals surface area contributed by atoms with Gasteiger partial charge in [-0.1, -0.05) is 26.0 Å². The Morgan fingerprint density at radius 2 is 1.81 bits per heavy atom. The number of anilines is 1. The number of aliphatic hydroxyl groups is 1. The Hall–Kier alpha value is -3.39. The van der Waals surface area contributed by atoms with E-state index in [1.165, 1.54) is 12.3 Å². The summed E-state index contributed by atoms with van der Waals surface area (Å²) >= 11 is 0. The summed E-state index contributed by atoms with van der Waals surface area (Å²) in [4.78, 5) is 31.0. The number of aromatic nitrogens is 3. The van der Waals surface area contributed by atoms with Crippen LogP contribution in [0.4, 0.5) is 10.1 Å². The standard InChI is InChI=1S/C28H32FN5O2/c1-18-7-8-25(32-11-18)23-16-33(22-10-21(29)12-30-13-22)17-24(23)27(35)34-14-19(2)28(36,20(3)15-34)26-6-4-5-9-31-26/h4-13,19-20,23-24,36H,14-17H2,1-3H3/t19-,20+,23-,24-,28-/m1/s1. The first-order chi connectivity index (χ1) is 17.3. The molecule has 188 valence electrons. The van der Waals surface area contributed by atoms with Gasteiger partial charge in [0.05, 0.1) is 29.7 Å². The van der Waals surface area contributed by atoms with E-state index in [2.05, 4.69) is 15.0 Å². The number of hydrogen-bond acceptors (Lipinski definition) is 6. The molecule has 0 spiro atoms. The minimum Gasteiger partial charge on any atom is -0.383 e. The number of likely N-dealkylation sites (tertiary alicyclic amines) is 1. The van der Waals surface area contributed by atoms with Crippen LogP contribution in [0, 0.1) is 30.5 Å². The van der Waals surface area contributed by atoms with Gasteiger partial charge in [0.2, 0.25) is 5.91 Å². The van der Waals surface area contributed by atoms with E-state index in [9.17, 15) is 14.3 Å². The number of aryl methyl sites for hydroxylation is 1. The smallest absolute Gasteiger partial charge is 0.228 e. The Morgan fingerprint density at radius 1 is 1.03 bits per heavy atom. The lowest BCUT2D eigenvalue weighted by molar-refractivity contribution is -0.153. The second kappa shape index (κ2) is 9.58. The number of rotatable bonds is 4. The molecule has 2 saturated heterocycles. The van der Waals surface area contributed by atoms with Crippen LogP contribution < -0.4 is 4.90 Å². The Labute approximate surface area is 211 Å². The van der Waals surface area contributed by atoms with Crippen LogP contribution in [0.15, 0.2) is 61.2 Å². The highest BCUT2D eigenvalue weighted by Gasteiger charge is 2.50. The van der Waals surface area contributed by atoms with Crippen LogP contribution >= 0.6 is 0 Å². The Bertz CT molecular complexity index is 1210. The summed E-state index contributed by atoms with van der Waals surface area (Å²) in [5.41, 5.74) is 2.11. The molecule has 36 heavy (non-hydrogen) atoms. The monoisotopic (exact) mass is 489 g/mol. The van der Waals surface area contributed by atoms with Crippen molar-refractivity contribution >= 4 is 11.6 Å². The van der Waals surface area contributed by atoms with E-state index in [4.69, 9.17) is 0 Å². The molecule has 0 saturated carbocycles. The molecule has 0 aliphatic carbocycles. The molecule has 0 bridgehead atoms. The molecule has 7 nitrogen and oxygen atoms in total. The van der Waals surface area contributed by atoms with Crippen LogP contribution in [0.1, 0.15) is 36.7 Å². The molecule has 5 heterocycles. The van der Waals surface area contributed by atoms with Crippen molar-refractivity contribution in [1.82, 2.24) is 19.9 Å². The van der Waals surface area contributed by atoms with Gasteiger partial charge in [0.15, 0.2) is 0 Å². The zero-order valence-corrected chi connectivity index (χ0v) is 20.9. The van der Waals surface area contributed by atoms with E-state index in [1.807, 2.05) is 67.1 Å². The molecule has 8 heteroatoms. The predicted octanol–water partition coefficient (Wildman–Crippen LogP) is 3.54. The van der Waals surface area contributed by atoms with Gasteiger partial charge in [-0.25, -0.2) is 4.39 Å². The number of hydrogen-bond donors (Lipinski definition) is 1. The summed E-state index contributed by atoms with van der Waals surface area (Å²) in [6.07, 6.45) is 6.33. The van der Waals surface area contributed by atoms with Gasteiger partial charge in [0.25, 0.3) is 0 Å². The van der Waals surface area contributed by atoms with Gasteiger partial charge in [-0.2, -0.15) is 0 Å². The third-order valence-electron chi connectivity index (χ3n) is 7.88. The summed E-state index contributed by atoms with van der Waals surface area (Å²) in [7, 11) is 0. The second-order valence-electron chi connectivity index (χ2n) is 10.3. The molecule has 1 N–H and O–H groups in total. The summed E-state index contributed by atoms with van der Waals surface area (Å²) in [5, 5.41) is 11.7. The molecular formula is C28H32FN5O2. The summed E-state index contributed by atoms with van der Waals surface area (Å²) < 4.78 is 13.9. The van der Waals surface area contributed by atoms with Crippen LogP contribution in [-0.2, 0) is 10.4 Å². The topological polar surface area (TPSA) is 82.5 Å². The lowest BCUT2D eigenvalue weighted by Crippen LogP contribution is -2.57. The highest BCUT2D eigenvalue weighted by Crippen LogP contribution is 2.42. The van der Waals surface area contributed by atoms with Crippen LogP contribution in [-0.4, -0.2) is 57.0 Å². The molecule has 2 aliphatic heterocycles. The largest absolute Gasteiger partial charge is 0.383 e. The first-order valence-electron chi connectivity index (χ1n) is 12.5. The number of carbonyl (C=O) groups is 1. The molecule has 3 aromatic rings.